The Morgan fingerprint density at radius 2 is 2.38 bits per heavy atom. The highest BCUT2D eigenvalue weighted by atomic mass is 19.1. The van der Waals surface area contributed by atoms with Crippen LogP contribution in [-0.2, 0) is 0 Å². The largest absolute Gasteiger partial charge is 0.357 e. The molecule has 47 valence electrons. The van der Waals surface area contributed by atoms with Crippen molar-refractivity contribution in [1.29, 1.82) is 5.41 Å². The highest BCUT2D eigenvalue weighted by Crippen LogP contribution is 1.82. The molecule has 0 aromatic rings. The molecule has 0 heterocycles. The third-order valence-electron chi connectivity index (χ3n) is 0.818. The van der Waals surface area contributed by atoms with E-state index in [-0.39, 0.29) is 6.67 Å². The summed E-state index contributed by atoms with van der Waals surface area (Å²) in [7, 11) is 1.70. The van der Waals surface area contributed by atoms with Gasteiger partial charge in [-0.2, -0.15) is 0 Å². The van der Waals surface area contributed by atoms with Gasteiger partial charge in [0.15, 0.2) is 6.34 Å². The Hall–Kier alpha value is -0.600. The lowest BCUT2D eigenvalue weighted by molar-refractivity contribution is 0.415. The molecule has 0 rings (SSSR count). The van der Waals surface area contributed by atoms with E-state index in [2.05, 4.69) is 6.34 Å². The van der Waals surface area contributed by atoms with Crippen LogP contribution in [0.1, 0.15) is 6.42 Å². The number of rotatable bonds is 4. The van der Waals surface area contributed by atoms with Gasteiger partial charge in [-0.25, -0.2) is 0 Å². The van der Waals surface area contributed by atoms with Crippen LogP contribution in [0, 0.1) is 5.41 Å². The quantitative estimate of drug-likeness (QED) is 0.328. The molecule has 0 aromatic heterocycles. The summed E-state index contributed by atoms with van der Waals surface area (Å²) in [5.41, 5.74) is 0. The van der Waals surface area contributed by atoms with Gasteiger partial charge in [-0.1, -0.05) is 0 Å². The van der Waals surface area contributed by atoms with Crippen molar-refractivity contribution in [3.63, 3.8) is 0 Å². The van der Waals surface area contributed by atoms with Crippen LogP contribution in [-0.4, -0.2) is 31.5 Å². The summed E-state index contributed by atoms with van der Waals surface area (Å²) in [6, 6.07) is 0. The van der Waals surface area contributed by atoms with E-state index in [1.165, 1.54) is 4.90 Å². The average Bonchev–Trinajstić information content (AvgIpc) is 1.83. The second kappa shape index (κ2) is 4.56. The molecule has 0 aliphatic rings. The van der Waals surface area contributed by atoms with Crippen LogP contribution < -0.4 is 0 Å². The Bertz CT molecular complexity index is 65.4. The molecular formula is C5H10FN2. The van der Waals surface area contributed by atoms with Crippen molar-refractivity contribution in [2.24, 2.45) is 0 Å². The van der Waals surface area contributed by atoms with E-state index in [0.29, 0.717) is 13.0 Å². The fourth-order valence-electron chi connectivity index (χ4n) is 0.353. The Morgan fingerprint density at radius 3 is 2.75 bits per heavy atom. The molecule has 8 heavy (non-hydrogen) atoms. The predicted octanol–water partition coefficient (Wildman–Crippen LogP) is 0.762. The van der Waals surface area contributed by atoms with Gasteiger partial charge in [0.05, 0.1) is 6.67 Å². The van der Waals surface area contributed by atoms with Gasteiger partial charge in [0.2, 0.25) is 0 Å². The van der Waals surface area contributed by atoms with Crippen LogP contribution >= 0.6 is 0 Å². The number of nitrogens with zero attached hydrogens (tertiary/aromatic N) is 1. The predicted molar refractivity (Wildman–Crippen MR) is 30.9 cm³/mol. The molecule has 0 aliphatic heterocycles. The van der Waals surface area contributed by atoms with Crippen molar-refractivity contribution in [2.45, 2.75) is 6.42 Å². The molecule has 0 bridgehead atoms. The SMILES string of the molecule is CN([C]=N)CCCF. The molecule has 0 spiro atoms. The number of hydrogen-bond acceptors (Lipinski definition) is 1. The topological polar surface area (TPSA) is 27.1 Å². The minimum absolute atomic E-state index is 0.313. The zero-order valence-corrected chi connectivity index (χ0v) is 4.95. The van der Waals surface area contributed by atoms with Gasteiger partial charge in [-0.3, -0.25) is 9.80 Å². The van der Waals surface area contributed by atoms with Crippen molar-refractivity contribution >= 4 is 6.34 Å². The molecule has 1 radical (unpaired) electrons. The highest BCUT2D eigenvalue weighted by molar-refractivity contribution is 5.49. The summed E-state index contributed by atoms with van der Waals surface area (Å²) in [4.78, 5) is 1.51. The Labute approximate surface area is 48.8 Å². The van der Waals surface area contributed by atoms with Crippen molar-refractivity contribution in [1.82, 2.24) is 4.90 Å². The first-order chi connectivity index (χ1) is 3.81. The number of nitrogens with one attached hydrogen (secondary N) is 1. The highest BCUT2D eigenvalue weighted by Gasteiger charge is 1.88. The minimum atomic E-state index is -0.313. The zero-order valence-electron chi connectivity index (χ0n) is 4.95. The lowest BCUT2D eigenvalue weighted by Crippen LogP contribution is -2.16. The lowest BCUT2D eigenvalue weighted by Gasteiger charge is -2.07. The normalized spacial score (nSPS) is 8.75. The molecule has 3 heteroatoms. The first kappa shape index (κ1) is 7.40. The molecule has 2 nitrogen and oxygen atoms in total. The Kier molecular flexibility index (Phi) is 4.21. The average molecular weight is 117 g/mol. The third kappa shape index (κ3) is 3.59. The monoisotopic (exact) mass is 117 g/mol. The van der Waals surface area contributed by atoms with E-state index in [1.807, 2.05) is 0 Å². The summed E-state index contributed by atoms with van der Waals surface area (Å²) < 4.78 is 11.4. The first-order valence-corrected chi connectivity index (χ1v) is 2.50. The van der Waals surface area contributed by atoms with Gasteiger partial charge in [0.1, 0.15) is 0 Å². The van der Waals surface area contributed by atoms with Gasteiger partial charge < -0.3 is 4.90 Å². The van der Waals surface area contributed by atoms with Crippen LogP contribution in [0.5, 0.6) is 0 Å². The van der Waals surface area contributed by atoms with Crippen LogP contribution in [0.2, 0.25) is 0 Å². The molecule has 0 aliphatic carbocycles. The minimum Gasteiger partial charge on any atom is -0.357 e. The summed E-state index contributed by atoms with van der Waals surface area (Å²) in [5, 5.41) is 6.54. The molecular weight excluding hydrogens is 107 g/mol. The van der Waals surface area contributed by atoms with Crippen molar-refractivity contribution < 1.29 is 4.39 Å². The second-order valence-corrected chi connectivity index (χ2v) is 1.58. The van der Waals surface area contributed by atoms with Crippen LogP contribution in [0.3, 0.4) is 0 Å². The molecule has 0 saturated carbocycles. The molecule has 0 saturated heterocycles. The molecule has 0 fully saturated rings. The zero-order chi connectivity index (χ0) is 6.41. The van der Waals surface area contributed by atoms with E-state index in [0.717, 1.165) is 0 Å². The van der Waals surface area contributed by atoms with Crippen molar-refractivity contribution in [3.05, 3.63) is 0 Å². The third-order valence-corrected chi connectivity index (χ3v) is 0.818. The Balaban J connectivity index is 2.98. The van der Waals surface area contributed by atoms with Crippen LogP contribution in [0.25, 0.3) is 0 Å². The van der Waals surface area contributed by atoms with Crippen LogP contribution in [0.4, 0.5) is 4.39 Å². The fourth-order valence-corrected chi connectivity index (χ4v) is 0.353. The lowest BCUT2D eigenvalue weighted by atomic mass is 10.4. The van der Waals surface area contributed by atoms with Gasteiger partial charge in [-0.05, 0) is 6.42 Å². The number of halogens is 1. The van der Waals surface area contributed by atoms with E-state index in [1.54, 1.807) is 7.05 Å². The van der Waals surface area contributed by atoms with Gasteiger partial charge >= 0.3 is 0 Å². The maximum absolute atomic E-state index is 11.4. The van der Waals surface area contributed by atoms with Crippen molar-refractivity contribution in [2.75, 3.05) is 20.3 Å². The summed E-state index contributed by atoms with van der Waals surface area (Å²) in [6.45, 7) is 0.270. The number of hydrogen-bond donors (Lipinski definition) is 1. The number of alkyl halides is 1. The molecule has 1 N–H and O–H groups in total. The van der Waals surface area contributed by atoms with Gasteiger partial charge in [0.25, 0.3) is 0 Å². The maximum atomic E-state index is 11.4. The van der Waals surface area contributed by atoms with E-state index < -0.39 is 0 Å². The fraction of sp³-hybridized carbons (Fsp3) is 0.800. The van der Waals surface area contributed by atoms with Gasteiger partial charge in [-0.15, -0.1) is 0 Å². The molecule has 0 aromatic carbocycles. The second-order valence-electron chi connectivity index (χ2n) is 1.58. The van der Waals surface area contributed by atoms with Gasteiger partial charge in [0, 0.05) is 13.6 Å². The smallest absolute Gasteiger partial charge is 0.163 e. The first-order valence-electron chi connectivity index (χ1n) is 2.50. The van der Waals surface area contributed by atoms with E-state index in [4.69, 9.17) is 5.41 Å². The summed E-state index contributed by atoms with van der Waals surface area (Å²) in [6.07, 6.45) is 2.60. The summed E-state index contributed by atoms with van der Waals surface area (Å²) >= 11 is 0. The molecule has 0 amide bonds. The van der Waals surface area contributed by atoms with E-state index in [9.17, 15) is 4.39 Å². The maximum Gasteiger partial charge on any atom is 0.163 e. The van der Waals surface area contributed by atoms with Crippen LogP contribution in [0.15, 0.2) is 0 Å². The van der Waals surface area contributed by atoms with Crippen molar-refractivity contribution in [3.8, 4) is 0 Å². The standard InChI is InChI=1S/C5H10FN2/c1-8(5-7)4-2-3-6/h7H,2-4H2,1H3. The molecule has 0 atom stereocenters. The Morgan fingerprint density at radius 1 is 1.75 bits per heavy atom. The molecule has 0 unspecified atom stereocenters. The summed E-state index contributed by atoms with van der Waals surface area (Å²) in [5.74, 6) is 0. The van der Waals surface area contributed by atoms with E-state index >= 15 is 0 Å².